The average Bonchev–Trinajstić information content (AvgIpc) is 2.61. The standard InChI is InChI=1S/C19H20N2O7/c1-10(22)18(25)21(2)28-19(26)16-11(7-12(23)8-15(16)24)9-27-17(19)13-5-3-4-6-14(13)20/h3-8,17,23-24,26H,9,20H2,1-2H3. The molecule has 1 aliphatic rings. The molecular weight excluding hydrogens is 368 g/mol. The number of nitrogen functional groups attached to an aromatic ring is 1. The maximum atomic E-state index is 12.0. The number of ether oxygens (including phenoxy) is 1. The van der Waals surface area contributed by atoms with Crippen molar-refractivity contribution in [3.63, 3.8) is 0 Å². The Labute approximate surface area is 160 Å². The minimum absolute atomic E-state index is 0.0771. The number of Topliss-reactive ketones (excluding diaryl/α,β-unsaturated/α-hetero) is 1. The van der Waals surface area contributed by atoms with E-state index in [4.69, 9.17) is 15.3 Å². The van der Waals surface area contributed by atoms with Crippen LogP contribution in [0.1, 0.15) is 29.7 Å². The van der Waals surface area contributed by atoms with Crippen LogP contribution in [0.4, 0.5) is 5.69 Å². The van der Waals surface area contributed by atoms with E-state index in [1.165, 1.54) is 6.07 Å². The molecule has 0 saturated heterocycles. The fraction of sp³-hybridized carbons (Fsp3) is 0.263. The van der Waals surface area contributed by atoms with Crippen molar-refractivity contribution in [2.24, 2.45) is 0 Å². The van der Waals surface area contributed by atoms with Gasteiger partial charge in [0.15, 0.2) is 0 Å². The molecule has 1 heterocycles. The molecule has 9 nitrogen and oxygen atoms in total. The van der Waals surface area contributed by atoms with Gasteiger partial charge in [-0.3, -0.25) is 9.59 Å². The Morgan fingerprint density at radius 2 is 1.96 bits per heavy atom. The molecule has 3 rings (SSSR count). The summed E-state index contributed by atoms with van der Waals surface area (Å²) in [5.41, 5.74) is 6.79. The Morgan fingerprint density at radius 1 is 1.29 bits per heavy atom. The Balaban J connectivity index is 2.17. The Hall–Kier alpha value is -3.14. The number of likely N-dealkylation sites (N-methyl/N-ethyl adjacent to an activating group) is 1. The van der Waals surface area contributed by atoms with E-state index in [1.807, 2.05) is 0 Å². The van der Waals surface area contributed by atoms with Gasteiger partial charge in [0, 0.05) is 31.3 Å². The Kier molecular flexibility index (Phi) is 4.99. The number of benzene rings is 2. The highest BCUT2D eigenvalue weighted by molar-refractivity contribution is 6.34. The largest absolute Gasteiger partial charge is 0.508 e. The summed E-state index contributed by atoms with van der Waals surface area (Å²) in [6.45, 7) is 0.978. The number of hydrogen-bond donors (Lipinski definition) is 4. The number of ketones is 1. The third kappa shape index (κ3) is 3.26. The zero-order valence-corrected chi connectivity index (χ0v) is 15.2. The van der Waals surface area contributed by atoms with Gasteiger partial charge in [0.2, 0.25) is 5.78 Å². The minimum Gasteiger partial charge on any atom is -0.508 e. The Morgan fingerprint density at radius 3 is 2.61 bits per heavy atom. The number of aliphatic hydroxyl groups is 1. The van der Waals surface area contributed by atoms with E-state index in [0.717, 1.165) is 20.0 Å². The van der Waals surface area contributed by atoms with E-state index >= 15 is 0 Å². The molecule has 0 aromatic heterocycles. The van der Waals surface area contributed by atoms with Crippen molar-refractivity contribution in [2.75, 3.05) is 12.8 Å². The van der Waals surface area contributed by atoms with E-state index in [1.54, 1.807) is 24.3 Å². The molecule has 2 aromatic carbocycles. The molecule has 0 fully saturated rings. The summed E-state index contributed by atoms with van der Waals surface area (Å²) < 4.78 is 5.74. The molecule has 0 radical (unpaired) electrons. The number of phenols is 2. The number of rotatable bonds is 4. The number of nitrogens with two attached hydrogens (primary N) is 1. The van der Waals surface area contributed by atoms with Gasteiger partial charge >= 0.3 is 5.91 Å². The highest BCUT2D eigenvalue weighted by atomic mass is 16.8. The fourth-order valence-electron chi connectivity index (χ4n) is 3.23. The molecule has 0 aliphatic carbocycles. The van der Waals surface area contributed by atoms with Crippen LogP contribution in [0.2, 0.25) is 0 Å². The predicted molar refractivity (Wildman–Crippen MR) is 96.6 cm³/mol. The summed E-state index contributed by atoms with van der Waals surface area (Å²) in [6.07, 6.45) is -1.24. The maximum Gasteiger partial charge on any atom is 0.313 e. The summed E-state index contributed by atoms with van der Waals surface area (Å²) in [7, 11) is 1.15. The van der Waals surface area contributed by atoms with E-state index < -0.39 is 29.3 Å². The van der Waals surface area contributed by atoms with Crippen molar-refractivity contribution in [3.8, 4) is 11.5 Å². The lowest BCUT2D eigenvalue weighted by Gasteiger charge is -2.42. The van der Waals surface area contributed by atoms with Crippen molar-refractivity contribution in [1.29, 1.82) is 0 Å². The summed E-state index contributed by atoms with van der Waals surface area (Å²) in [4.78, 5) is 28.9. The van der Waals surface area contributed by atoms with Crippen molar-refractivity contribution in [1.82, 2.24) is 5.06 Å². The van der Waals surface area contributed by atoms with Crippen LogP contribution < -0.4 is 5.73 Å². The first-order valence-electron chi connectivity index (χ1n) is 8.36. The van der Waals surface area contributed by atoms with Gasteiger partial charge in [-0.2, -0.15) is 0 Å². The van der Waals surface area contributed by atoms with Crippen molar-refractivity contribution in [3.05, 3.63) is 53.1 Å². The lowest BCUT2D eigenvalue weighted by molar-refractivity contribution is -0.364. The van der Waals surface area contributed by atoms with E-state index in [2.05, 4.69) is 0 Å². The number of phenolic OH excluding ortho intramolecular Hbond substituents is 2. The fourth-order valence-corrected chi connectivity index (χ4v) is 3.23. The van der Waals surface area contributed by atoms with Crippen molar-refractivity contribution in [2.45, 2.75) is 25.4 Å². The second kappa shape index (κ2) is 7.12. The second-order valence-electron chi connectivity index (χ2n) is 6.47. The monoisotopic (exact) mass is 388 g/mol. The van der Waals surface area contributed by atoms with Gasteiger partial charge in [-0.25, -0.2) is 9.90 Å². The number of anilines is 1. The molecule has 148 valence electrons. The molecule has 28 heavy (non-hydrogen) atoms. The number of amides is 1. The summed E-state index contributed by atoms with van der Waals surface area (Å²) in [5.74, 6) is -4.95. The zero-order chi connectivity index (χ0) is 20.6. The molecular formula is C19H20N2O7. The first kappa shape index (κ1) is 19.6. The summed E-state index contributed by atoms with van der Waals surface area (Å²) in [5, 5.41) is 32.2. The number of carbonyl (C=O) groups is 2. The predicted octanol–water partition coefficient (Wildman–Crippen LogP) is 1.08. The third-order valence-electron chi connectivity index (χ3n) is 4.44. The maximum absolute atomic E-state index is 12.0. The molecule has 0 saturated carbocycles. The first-order valence-corrected chi connectivity index (χ1v) is 8.36. The van der Waals surface area contributed by atoms with Gasteiger partial charge in [0.05, 0.1) is 12.2 Å². The SMILES string of the molecule is CC(=O)C(=O)N(C)OC1(O)c2c(O)cc(O)cc2COC1c1ccccc1N. The van der Waals surface area contributed by atoms with Gasteiger partial charge in [-0.05, 0) is 17.7 Å². The van der Waals surface area contributed by atoms with Gasteiger partial charge in [0.1, 0.15) is 17.6 Å². The summed E-state index contributed by atoms with van der Waals surface area (Å²) >= 11 is 0. The number of fused-ring (bicyclic) bond motifs is 1. The van der Waals surface area contributed by atoms with Crippen LogP contribution >= 0.6 is 0 Å². The molecule has 2 unspecified atom stereocenters. The highest BCUT2D eigenvalue weighted by Crippen LogP contribution is 2.50. The molecule has 2 aromatic rings. The van der Waals surface area contributed by atoms with E-state index in [0.29, 0.717) is 10.6 Å². The van der Waals surface area contributed by atoms with Crippen LogP contribution in [0.3, 0.4) is 0 Å². The molecule has 0 bridgehead atoms. The smallest absolute Gasteiger partial charge is 0.313 e. The van der Waals surface area contributed by atoms with E-state index in [9.17, 15) is 24.9 Å². The van der Waals surface area contributed by atoms with Crippen LogP contribution in [0.15, 0.2) is 36.4 Å². The lowest BCUT2D eigenvalue weighted by Crippen LogP contribution is -2.48. The van der Waals surface area contributed by atoms with Crippen LogP contribution in [-0.2, 0) is 31.6 Å². The normalized spacial score (nSPS) is 21.0. The van der Waals surface area contributed by atoms with Crippen molar-refractivity contribution < 1.29 is 34.5 Å². The molecule has 9 heteroatoms. The van der Waals surface area contributed by atoms with E-state index in [-0.39, 0.29) is 29.2 Å². The first-order chi connectivity index (χ1) is 13.1. The van der Waals surface area contributed by atoms with Gasteiger partial charge in [-0.15, -0.1) is 0 Å². The molecule has 1 amide bonds. The third-order valence-corrected chi connectivity index (χ3v) is 4.44. The number of nitrogens with zero attached hydrogens (tertiary/aromatic N) is 1. The quantitative estimate of drug-likeness (QED) is 0.264. The molecule has 1 aliphatic heterocycles. The van der Waals surface area contributed by atoms with Gasteiger partial charge in [0.25, 0.3) is 5.79 Å². The number of hydrogen-bond acceptors (Lipinski definition) is 8. The van der Waals surface area contributed by atoms with Crippen LogP contribution in [0.5, 0.6) is 11.5 Å². The van der Waals surface area contributed by atoms with Crippen LogP contribution in [0.25, 0.3) is 0 Å². The second-order valence-corrected chi connectivity index (χ2v) is 6.47. The molecule has 0 spiro atoms. The Bertz CT molecular complexity index is 946. The van der Waals surface area contributed by atoms with Crippen LogP contribution in [-0.4, -0.2) is 39.1 Å². The lowest BCUT2D eigenvalue weighted by atomic mass is 9.87. The molecule has 5 N–H and O–H groups in total. The number of para-hydroxylation sites is 1. The minimum atomic E-state index is -2.42. The number of carbonyl (C=O) groups excluding carboxylic acids is 2. The average molecular weight is 388 g/mol. The van der Waals surface area contributed by atoms with Crippen LogP contribution in [0, 0.1) is 0 Å². The zero-order valence-electron chi connectivity index (χ0n) is 15.2. The van der Waals surface area contributed by atoms with Gasteiger partial charge in [-0.1, -0.05) is 18.2 Å². The molecule has 2 atom stereocenters. The van der Waals surface area contributed by atoms with Crippen molar-refractivity contribution >= 4 is 17.4 Å². The summed E-state index contributed by atoms with van der Waals surface area (Å²) in [6, 6.07) is 8.87. The number of hydroxylamine groups is 2. The van der Waals surface area contributed by atoms with Gasteiger partial charge < -0.3 is 25.8 Å². The topological polar surface area (TPSA) is 143 Å². The number of aromatic hydroxyl groups is 2. The highest BCUT2D eigenvalue weighted by Gasteiger charge is 2.51.